The quantitative estimate of drug-likeness (QED) is 0.592. The van der Waals surface area contributed by atoms with E-state index in [4.69, 9.17) is 12.2 Å². The van der Waals surface area contributed by atoms with Gasteiger partial charge < -0.3 is 15.5 Å². The zero-order valence-electron chi connectivity index (χ0n) is 13.3. The summed E-state index contributed by atoms with van der Waals surface area (Å²) < 4.78 is 13.5. The van der Waals surface area contributed by atoms with Gasteiger partial charge in [0.05, 0.1) is 5.69 Å². The average Bonchev–Trinajstić information content (AvgIpc) is 2.58. The molecule has 0 radical (unpaired) electrons. The molecule has 23 heavy (non-hydrogen) atoms. The molecule has 0 saturated carbocycles. The van der Waals surface area contributed by atoms with E-state index in [1.807, 2.05) is 18.2 Å². The van der Waals surface area contributed by atoms with Crippen LogP contribution in [0, 0.1) is 5.82 Å². The molecule has 0 spiro atoms. The van der Waals surface area contributed by atoms with Gasteiger partial charge in [0.1, 0.15) is 5.82 Å². The number of halogens is 1. The number of hydrogen-bond acceptors (Lipinski definition) is 2. The van der Waals surface area contributed by atoms with Gasteiger partial charge in [-0.05, 0) is 49.8 Å². The van der Waals surface area contributed by atoms with Gasteiger partial charge in [-0.15, -0.1) is 0 Å². The summed E-state index contributed by atoms with van der Waals surface area (Å²) in [5.74, 6) is -0.308. The molecule has 5 heteroatoms. The predicted molar refractivity (Wildman–Crippen MR) is 99.6 cm³/mol. The Morgan fingerprint density at radius 3 is 2.48 bits per heavy atom. The van der Waals surface area contributed by atoms with Crippen molar-refractivity contribution in [3.63, 3.8) is 0 Å². The molecule has 0 amide bonds. The number of nitrogens with zero attached hydrogens (tertiary/aromatic N) is 1. The van der Waals surface area contributed by atoms with Crippen molar-refractivity contribution < 1.29 is 4.39 Å². The van der Waals surface area contributed by atoms with Crippen molar-refractivity contribution in [1.82, 2.24) is 5.32 Å². The van der Waals surface area contributed by atoms with Crippen molar-refractivity contribution in [2.24, 2.45) is 0 Å². The van der Waals surface area contributed by atoms with Gasteiger partial charge in [-0.2, -0.15) is 0 Å². The largest absolute Gasteiger partial charge is 0.372 e. The molecular formula is C18H22FN3S. The normalized spacial score (nSPS) is 10.2. The highest BCUT2D eigenvalue weighted by molar-refractivity contribution is 7.80. The highest BCUT2D eigenvalue weighted by Gasteiger charge is 2.04. The lowest BCUT2D eigenvalue weighted by Gasteiger charge is -2.23. The maximum absolute atomic E-state index is 13.5. The zero-order chi connectivity index (χ0) is 16.5. The molecule has 0 aromatic heterocycles. The minimum absolute atomic E-state index is 0.308. The van der Waals surface area contributed by atoms with Gasteiger partial charge in [-0.3, -0.25) is 0 Å². The fourth-order valence-electron chi connectivity index (χ4n) is 2.31. The first-order chi connectivity index (χ1) is 11.2. The van der Waals surface area contributed by atoms with E-state index in [0.29, 0.717) is 10.8 Å². The molecule has 0 saturated heterocycles. The number of benzene rings is 2. The van der Waals surface area contributed by atoms with E-state index in [2.05, 4.69) is 34.6 Å². The van der Waals surface area contributed by atoms with Crippen LogP contribution in [0.5, 0.6) is 0 Å². The standard InChI is InChI=1S/C18H22FN3S/c1-2-22(15-9-4-3-5-10-15)14-8-13-20-18(23)21-17-12-7-6-11-16(17)19/h3-7,9-12H,2,8,13-14H2,1H3,(H2,20,21,23). The summed E-state index contributed by atoms with van der Waals surface area (Å²) in [6, 6.07) is 16.8. The minimum atomic E-state index is -0.308. The van der Waals surface area contributed by atoms with Gasteiger partial charge in [-0.1, -0.05) is 30.3 Å². The number of anilines is 2. The summed E-state index contributed by atoms with van der Waals surface area (Å²) in [4.78, 5) is 2.31. The fourth-order valence-corrected chi connectivity index (χ4v) is 2.52. The minimum Gasteiger partial charge on any atom is -0.372 e. The maximum Gasteiger partial charge on any atom is 0.170 e. The lowest BCUT2D eigenvalue weighted by atomic mass is 10.2. The van der Waals surface area contributed by atoms with Crippen molar-refractivity contribution in [3.05, 3.63) is 60.4 Å². The molecule has 0 fully saturated rings. The van der Waals surface area contributed by atoms with Crippen molar-refractivity contribution in [3.8, 4) is 0 Å². The topological polar surface area (TPSA) is 27.3 Å². The van der Waals surface area contributed by atoms with Gasteiger partial charge in [0.25, 0.3) is 0 Å². The van der Waals surface area contributed by atoms with Crippen LogP contribution in [0.25, 0.3) is 0 Å². The lowest BCUT2D eigenvalue weighted by Crippen LogP contribution is -2.32. The third-order valence-electron chi connectivity index (χ3n) is 3.52. The fraction of sp³-hybridized carbons (Fsp3) is 0.278. The third kappa shape index (κ3) is 5.53. The monoisotopic (exact) mass is 331 g/mol. The van der Waals surface area contributed by atoms with Crippen LogP contribution in [0.4, 0.5) is 15.8 Å². The predicted octanol–water partition coefficient (Wildman–Crippen LogP) is 4.03. The summed E-state index contributed by atoms with van der Waals surface area (Å²) in [7, 11) is 0. The molecule has 0 aliphatic heterocycles. The summed E-state index contributed by atoms with van der Waals surface area (Å²) in [5, 5.41) is 6.43. The number of para-hydroxylation sites is 2. The van der Waals surface area contributed by atoms with Crippen LogP contribution >= 0.6 is 12.2 Å². The Hall–Kier alpha value is -2.14. The zero-order valence-corrected chi connectivity index (χ0v) is 14.1. The molecule has 0 aliphatic rings. The Labute approximate surface area is 142 Å². The van der Waals surface area contributed by atoms with Gasteiger partial charge in [-0.25, -0.2) is 4.39 Å². The van der Waals surface area contributed by atoms with Crippen LogP contribution in [0.2, 0.25) is 0 Å². The molecule has 2 rings (SSSR count). The van der Waals surface area contributed by atoms with E-state index in [-0.39, 0.29) is 5.82 Å². The Bertz CT molecular complexity index is 619. The second-order valence-corrected chi connectivity index (χ2v) is 5.54. The van der Waals surface area contributed by atoms with Crippen LogP contribution < -0.4 is 15.5 Å². The smallest absolute Gasteiger partial charge is 0.170 e. The summed E-state index contributed by atoms with van der Waals surface area (Å²) in [6.45, 7) is 4.78. The van der Waals surface area contributed by atoms with Crippen molar-refractivity contribution in [1.29, 1.82) is 0 Å². The molecule has 0 atom stereocenters. The molecule has 0 heterocycles. The first-order valence-corrected chi connectivity index (χ1v) is 8.21. The molecule has 0 unspecified atom stereocenters. The van der Waals surface area contributed by atoms with Gasteiger partial charge in [0.2, 0.25) is 0 Å². The summed E-state index contributed by atoms with van der Waals surface area (Å²) in [5.41, 5.74) is 1.62. The molecule has 3 nitrogen and oxygen atoms in total. The molecule has 2 N–H and O–H groups in total. The molecule has 0 aliphatic carbocycles. The van der Waals surface area contributed by atoms with Crippen molar-refractivity contribution in [2.45, 2.75) is 13.3 Å². The highest BCUT2D eigenvalue weighted by Crippen LogP contribution is 2.13. The van der Waals surface area contributed by atoms with E-state index in [1.54, 1.807) is 18.2 Å². The van der Waals surface area contributed by atoms with Gasteiger partial charge >= 0.3 is 0 Å². The van der Waals surface area contributed by atoms with Crippen LogP contribution in [-0.2, 0) is 0 Å². The Morgan fingerprint density at radius 1 is 1.09 bits per heavy atom. The van der Waals surface area contributed by atoms with Gasteiger partial charge in [0, 0.05) is 25.3 Å². The highest BCUT2D eigenvalue weighted by atomic mass is 32.1. The SMILES string of the molecule is CCN(CCCNC(=S)Nc1ccccc1F)c1ccccc1. The van der Waals surface area contributed by atoms with E-state index >= 15 is 0 Å². The second-order valence-electron chi connectivity index (χ2n) is 5.13. The van der Waals surface area contributed by atoms with Crippen LogP contribution in [-0.4, -0.2) is 24.7 Å². The van der Waals surface area contributed by atoms with E-state index in [0.717, 1.165) is 26.1 Å². The molecular weight excluding hydrogens is 309 g/mol. The van der Waals surface area contributed by atoms with Crippen molar-refractivity contribution in [2.75, 3.05) is 29.9 Å². The maximum atomic E-state index is 13.5. The first-order valence-electron chi connectivity index (χ1n) is 7.80. The van der Waals surface area contributed by atoms with E-state index in [9.17, 15) is 4.39 Å². The molecule has 122 valence electrons. The first kappa shape index (κ1) is 17.2. The number of hydrogen-bond donors (Lipinski definition) is 2. The van der Waals surface area contributed by atoms with Crippen LogP contribution in [0.15, 0.2) is 54.6 Å². The Morgan fingerprint density at radius 2 is 1.78 bits per heavy atom. The molecule has 2 aromatic rings. The second kappa shape index (κ2) is 9.10. The molecule has 0 bridgehead atoms. The Kier molecular flexibility index (Phi) is 6.81. The summed E-state index contributed by atoms with van der Waals surface area (Å²) >= 11 is 5.19. The number of nitrogens with one attached hydrogen (secondary N) is 2. The summed E-state index contributed by atoms with van der Waals surface area (Å²) in [6.07, 6.45) is 0.946. The van der Waals surface area contributed by atoms with Crippen molar-refractivity contribution >= 4 is 28.7 Å². The van der Waals surface area contributed by atoms with E-state index < -0.39 is 0 Å². The van der Waals surface area contributed by atoms with Crippen LogP contribution in [0.1, 0.15) is 13.3 Å². The van der Waals surface area contributed by atoms with Crippen LogP contribution in [0.3, 0.4) is 0 Å². The van der Waals surface area contributed by atoms with Gasteiger partial charge in [0.15, 0.2) is 5.11 Å². The number of rotatable bonds is 7. The molecule has 2 aromatic carbocycles. The average molecular weight is 331 g/mol. The Balaban J connectivity index is 1.72. The van der Waals surface area contributed by atoms with E-state index in [1.165, 1.54) is 11.8 Å². The lowest BCUT2D eigenvalue weighted by molar-refractivity contribution is 0.632. The third-order valence-corrected chi connectivity index (χ3v) is 3.76. The number of thiocarbonyl (C=S) groups is 1.